The van der Waals surface area contributed by atoms with Gasteiger partial charge in [-0.05, 0) is 29.8 Å². The molecule has 2 aromatic rings. The second-order valence-electron chi connectivity index (χ2n) is 4.75. The molecule has 2 atom stereocenters. The summed E-state index contributed by atoms with van der Waals surface area (Å²) in [6.45, 7) is 0.109. The van der Waals surface area contributed by atoms with Gasteiger partial charge >= 0.3 is 0 Å². The molecule has 2 rings (SSSR count). The highest BCUT2D eigenvalue weighted by Gasteiger charge is 2.25. The molecule has 3 N–H and O–H groups in total. The first-order valence-electron chi connectivity index (χ1n) is 6.55. The molecule has 0 radical (unpaired) electrons. The lowest BCUT2D eigenvalue weighted by atomic mass is 9.99. The maximum absolute atomic E-state index is 13.4. The van der Waals surface area contributed by atoms with Gasteiger partial charge in [0.15, 0.2) is 0 Å². The van der Waals surface area contributed by atoms with E-state index in [2.05, 4.69) is 0 Å². The zero-order chi connectivity index (χ0) is 14.5. The van der Waals surface area contributed by atoms with Gasteiger partial charge in [0.2, 0.25) is 0 Å². The summed E-state index contributed by atoms with van der Waals surface area (Å²) >= 11 is 0. The summed E-state index contributed by atoms with van der Waals surface area (Å²) in [4.78, 5) is 1.91. The topological polar surface area (TPSA) is 49.5 Å². The third-order valence-electron chi connectivity index (χ3n) is 3.38. The van der Waals surface area contributed by atoms with Crippen LogP contribution in [0.2, 0.25) is 0 Å². The minimum atomic E-state index is -0.776. The van der Waals surface area contributed by atoms with E-state index in [1.165, 1.54) is 12.1 Å². The average molecular weight is 274 g/mol. The van der Waals surface area contributed by atoms with Crippen molar-refractivity contribution in [2.45, 2.75) is 12.1 Å². The second kappa shape index (κ2) is 6.50. The SMILES string of the molecule is CN(c1ccccc1)[C@@H](c1cccc(F)c1)[C@H](O)CN. The van der Waals surface area contributed by atoms with Crippen LogP contribution >= 0.6 is 0 Å². The van der Waals surface area contributed by atoms with Crippen molar-refractivity contribution in [3.8, 4) is 0 Å². The molecule has 3 nitrogen and oxygen atoms in total. The third kappa shape index (κ3) is 3.15. The van der Waals surface area contributed by atoms with Crippen LogP contribution < -0.4 is 10.6 Å². The van der Waals surface area contributed by atoms with Crippen molar-refractivity contribution < 1.29 is 9.50 Å². The smallest absolute Gasteiger partial charge is 0.123 e. The van der Waals surface area contributed by atoms with E-state index in [9.17, 15) is 9.50 Å². The largest absolute Gasteiger partial charge is 0.389 e. The number of likely N-dealkylation sites (N-methyl/N-ethyl adjacent to an activating group) is 1. The van der Waals surface area contributed by atoms with E-state index < -0.39 is 12.1 Å². The van der Waals surface area contributed by atoms with Gasteiger partial charge in [0.25, 0.3) is 0 Å². The van der Waals surface area contributed by atoms with Crippen LogP contribution in [0.3, 0.4) is 0 Å². The van der Waals surface area contributed by atoms with Crippen molar-refractivity contribution in [2.24, 2.45) is 5.73 Å². The average Bonchev–Trinajstić information content (AvgIpc) is 2.48. The quantitative estimate of drug-likeness (QED) is 0.879. The van der Waals surface area contributed by atoms with Crippen LogP contribution in [0.1, 0.15) is 11.6 Å². The molecule has 0 aliphatic rings. The number of nitrogens with zero attached hydrogens (tertiary/aromatic N) is 1. The summed E-state index contributed by atoms with van der Waals surface area (Å²) in [7, 11) is 1.86. The molecule has 0 spiro atoms. The summed E-state index contributed by atoms with van der Waals surface area (Å²) in [5.41, 5.74) is 7.24. The summed E-state index contributed by atoms with van der Waals surface area (Å²) in [6.07, 6.45) is -0.776. The Morgan fingerprint density at radius 3 is 2.45 bits per heavy atom. The normalized spacial score (nSPS) is 13.8. The van der Waals surface area contributed by atoms with Crippen LogP contribution in [-0.4, -0.2) is 24.8 Å². The second-order valence-corrected chi connectivity index (χ2v) is 4.75. The number of halogens is 1. The van der Waals surface area contributed by atoms with Crippen molar-refractivity contribution in [3.05, 3.63) is 66.0 Å². The van der Waals surface area contributed by atoms with E-state index in [1.807, 2.05) is 42.3 Å². The monoisotopic (exact) mass is 274 g/mol. The van der Waals surface area contributed by atoms with Crippen LogP contribution in [-0.2, 0) is 0 Å². The lowest BCUT2D eigenvalue weighted by Crippen LogP contribution is -2.38. The van der Waals surface area contributed by atoms with Gasteiger partial charge in [-0.1, -0.05) is 30.3 Å². The fourth-order valence-corrected chi connectivity index (χ4v) is 2.35. The number of aliphatic hydroxyl groups excluding tert-OH is 1. The molecule has 0 aromatic heterocycles. The molecular formula is C16H19FN2O. The van der Waals surface area contributed by atoms with Crippen LogP contribution in [0, 0.1) is 5.82 Å². The molecule has 2 aromatic carbocycles. The van der Waals surface area contributed by atoms with Gasteiger partial charge in [0.05, 0.1) is 12.1 Å². The number of anilines is 1. The summed E-state index contributed by atoms with van der Waals surface area (Å²) < 4.78 is 13.4. The first-order chi connectivity index (χ1) is 9.63. The highest BCUT2D eigenvalue weighted by atomic mass is 19.1. The molecule has 20 heavy (non-hydrogen) atoms. The molecule has 0 bridgehead atoms. The molecule has 4 heteroatoms. The Hall–Kier alpha value is -1.91. The maximum atomic E-state index is 13.4. The minimum absolute atomic E-state index is 0.109. The third-order valence-corrected chi connectivity index (χ3v) is 3.38. The molecule has 0 aliphatic heterocycles. The van der Waals surface area contributed by atoms with Gasteiger partial charge in [-0.3, -0.25) is 0 Å². The predicted octanol–water partition coefficient (Wildman–Crippen LogP) is 2.32. The van der Waals surface area contributed by atoms with Gasteiger partial charge in [-0.2, -0.15) is 0 Å². The minimum Gasteiger partial charge on any atom is -0.389 e. The highest BCUT2D eigenvalue weighted by Crippen LogP contribution is 2.28. The Bertz CT molecular complexity index is 547. The molecule has 0 amide bonds. The zero-order valence-electron chi connectivity index (χ0n) is 11.4. The Morgan fingerprint density at radius 2 is 1.85 bits per heavy atom. The molecular weight excluding hydrogens is 255 g/mol. The Labute approximate surface area is 118 Å². The van der Waals surface area contributed by atoms with E-state index in [1.54, 1.807) is 12.1 Å². The number of nitrogens with two attached hydrogens (primary N) is 1. The Balaban J connectivity index is 2.38. The van der Waals surface area contributed by atoms with E-state index in [4.69, 9.17) is 5.73 Å². The van der Waals surface area contributed by atoms with Crippen LogP contribution in [0.15, 0.2) is 54.6 Å². The van der Waals surface area contributed by atoms with E-state index in [0.717, 1.165) is 5.69 Å². The van der Waals surface area contributed by atoms with E-state index in [-0.39, 0.29) is 12.4 Å². The number of hydrogen-bond acceptors (Lipinski definition) is 3. The summed E-state index contributed by atoms with van der Waals surface area (Å²) in [6, 6.07) is 15.5. The molecule has 0 unspecified atom stereocenters. The van der Waals surface area contributed by atoms with Crippen LogP contribution in [0.25, 0.3) is 0 Å². The van der Waals surface area contributed by atoms with Crippen molar-refractivity contribution in [2.75, 3.05) is 18.5 Å². The van der Waals surface area contributed by atoms with Crippen molar-refractivity contribution >= 4 is 5.69 Å². The number of hydrogen-bond donors (Lipinski definition) is 2. The lowest BCUT2D eigenvalue weighted by Gasteiger charge is -2.33. The molecule has 0 heterocycles. The van der Waals surface area contributed by atoms with Gasteiger partial charge in [-0.25, -0.2) is 4.39 Å². The van der Waals surface area contributed by atoms with Crippen molar-refractivity contribution in [1.82, 2.24) is 0 Å². The van der Waals surface area contributed by atoms with E-state index in [0.29, 0.717) is 5.56 Å². The van der Waals surface area contributed by atoms with Crippen molar-refractivity contribution in [3.63, 3.8) is 0 Å². The number of aliphatic hydroxyl groups is 1. The Kier molecular flexibility index (Phi) is 4.71. The standard InChI is InChI=1S/C16H19FN2O/c1-19(14-8-3-2-4-9-14)16(15(20)11-18)12-6-5-7-13(17)10-12/h2-10,15-16,20H,11,18H2,1H3/t15-,16+/m1/s1. The first-order valence-corrected chi connectivity index (χ1v) is 6.55. The van der Waals surface area contributed by atoms with Crippen LogP contribution in [0.4, 0.5) is 10.1 Å². The Morgan fingerprint density at radius 1 is 1.15 bits per heavy atom. The lowest BCUT2D eigenvalue weighted by molar-refractivity contribution is 0.150. The van der Waals surface area contributed by atoms with Gasteiger partial charge < -0.3 is 15.7 Å². The molecule has 0 saturated carbocycles. The van der Waals surface area contributed by atoms with Gasteiger partial charge in [0.1, 0.15) is 5.82 Å². The molecule has 106 valence electrons. The van der Waals surface area contributed by atoms with Gasteiger partial charge in [0, 0.05) is 19.3 Å². The fraction of sp³-hybridized carbons (Fsp3) is 0.250. The number of rotatable bonds is 5. The first kappa shape index (κ1) is 14.5. The van der Waals surface area contributed by atoms with Crippen molar-refractivity contribution in [1.29, 1.82) is 0 Å². The zero-order valence-corrected chi connectivity index (χ0v) is 11.4. The highest BCUT2D eigenvalue weighted by molar-refractivity contribution is 5.48. The predicted molar refractivity (Wildman–Crippen MR) is 79.0 cm³/mol. The summed E-state index contributed by atoms with van der Waals surface area (Å²) in [5.74, 6) is -0.321. The molecule has 0 saturated heterocycles. The number of benzene rings is 2. The number of para-hydroxylation sites is 1. The molecule has 0 fully saturated rings. The van der Waals surface area contributed by atoms with Gasteiger partial charge in [-0.15, -0.1) is 0 Å². The maximum Gasteiger partial charge on any atom is 0.123 e. The van der Waals surface area contributed by atoms with E-state index >= 15 is 0 Å². The fourth-order valence-electron chi connectivity index (χ4n) is 2.35. The molecule has 0 aliphatic carbocycles. The summed E-state index contributed by atoms with van der Waals surface area (Å²) in [5, 5.41) is 10.2. The van der Waals surface area contributed by atoms with Crippen LogP contribution in [0.5, 0.6) is 0 Å².